The average molecular weight is 461 g/mol. The van der Waals surface area contributed by atoms with E-state index in [2.05, 4.69) is 5.32 Å². The van der Waals surface area contributed by atoms with Crippen molar-refractivity contribution >= 4 is 35.1 Å². The summed E-state index contributed by atoms with van der Waals surface area (Å²) < 4.78 is 5.18. The molecule has 0 unspecified atom stereocenters. The van der Waals surface area contributed by atoms with Crippen LogP contribution in [0.5, 0.6) is 0 Å². The van der Waals surface area contributed by atoms with Gasteiger partial charge in [-0.05, 0) is 74.7 Å². The molecule has 4 rings (SSSR count). The number of allylic oxidation sites excluding steroid dienone is 2. The van der Waals surface area contributed by atoms with Crippen LogP contribution in [0.1, 0.15) is 60.2 Å². The molecule has 1 aliphatic carbocycles. The predicted molar refractivity (Wildman–Crippen MR) is 128 cm³/mol. The van der Waals surface area contributed by atoms with Crippen molar-refractivity contribution in [1.82, 2.24) is 0 Å². The molecule has 2 aromatic carbocycles. The lowest BCUT2D eigenvalue weighted by molar-refractivity contribution is -0.122. The van der Waals surface area contributed by atoms with Gasteiger partial charge in [-0.1, -0.05) is 25.0 Å². The van der Waals surface area contributed by atoms with Gasteiger partial charge in [0.05, 0.1) is 29.7 Å². The molecule has 0 aromatic heterocycles. The normalized spacial score (nSPS) is 19.5. The fourth-order valence-electron chi connectivity index (χ4n) is 4.34. The number of unbranched alkanes of at least 4 members (excludes halogenated alkanes) is 1. The van der Waals surface area contributed by atoms with Crippen molar-refractivity contribution in [2.24, 2.45) is 11.8 Å². The summed E-state index contributed by atoms with van der Waals surface area (Å²) in [5, 5.41) is 2.78. The molecule has 2 atom stereocenters. The first-order valence-electron chi connectivity index (χ1n) is 11.6. The molecule has 0 saturated carbocycles. The zero-order valence-electron chi connectivity index (χ0n) is 19.4. The van der Waals surface area contributed by atoms with Crippen molar-refractivity contribution in [2.45, 2.75) is 39.5 Å². The molecule has 7 heteroatoms. The Balaban J connectivity index is 1.39. The molecule has 176 valence electrons. The highest BCUT2D eigenvalue weighted by atomic mass is 16.5. The minimum Gasteiger partial charge on any atom is -0.462 e. The molecule has 1 N–H and O–H groups in total. The van der Waals surface area contributed by atoms with Crippen LogP contribution in [0.25, 0.3) is 0 Å². The maximum Gasteiger partial charge on any atom is 0.338 e. The third-order valence-corrected chi connectivity index (χ3v) is 6.32. The molecule has 34 heavy (non-hydrogen) atoms. The van der Waals surface area contributed by atoms with Gasteiger partial charge < -0.3 is 10.1 Å². The highest BCUT2D eigenvalue weighted by molar-refractivity contribution is 6.22. The number of imide groups is 1. The number of carbonyl (C=O) groups excluding carboxylic acids is 4. The number of nitrogens with zero attached hydrogens (tertiary/aromatic N) is 1. The van der Waals surface area contributed by atoms with Gasteiger partial charge in [0, 0.05) is 11.3 Å². The van der Waals surface area contributed by atoms with Crippen LogP contribution in [0.3, 0.4) is 0 Å². The van der Waals surface area contributed by atoms with Gasteiger partial charge >= 0.3 is 5.97 Å². The van der Waals surface area contributed by atoms with Gasteiger partial charge in [0.1, 0.15) is 0 Å². The first-order chi connectivity index (χ1) is 16.4. The molecular formula is C27H28N2O5. The number of amides is 3. The first-order valence-corrected chi connectivity index (χ1v) is 11.6. The topological polar surface area (TPSA) is 92.8 Å². The zero-order valence-corrected chi connectivity index (χ0v) is 19.4. The van der Waals surface area contributed by atoms with E-state index in [1.54, 1.807) is 48.5 Å². The van der Waals surface area contributed by atoms with Gasteiger partial charge in [0.15, 0.2) is 0 Å². The number of ether oxygens (including phenoxy) is 1. The van der Waals surface area contributed by atoms with E-state index in [1.807, 2.05) is 19.9 Å². The molecule has 1 fully saturated rings. The molecule has 0 bridgehead atoms. The second-order valence-corrected chi connectivity index (χ2v) is 8.78. The maximum absolute atomic E-state index is 12.9. The average Bonchev–Trinajstić information content (AvgIpc) is 3.08. The minimum atomic E-state index is -0.390. The Kier molecular flexibility index (Phi) is 6.91. The number of esters is 1. The van der Waals surface area contributed by atoms with E-state index in [4.69, 9.17) is 4.74 Å². The summed E-state index contributed by atoms with van der Waals surface area (Å²) in [5.74, 6) is -1.67. The monoisotopic (exact) mass is 460 g/mol. The van der Waals surface area contributed by atoms with Crippen LogP contribution in [0.2, 0.25) is 0 Å². The predicted octanol–water partition coefficient (Wildman–Crippen LogP) is 4.74. The van der Waals surface area contributed by atoms with E-state index in [1.165, 1.54) is 4.90 Å². The highest BCUT2D eigenvalue weighted by Gasteiger charge is 2.48. The quantitative estimate of drug-likeness (QED) is 0.279. The Hall–Kier alpha value is -3.74. The van der Waals surface area contributed by atoms with Crippen molar-refractivity contribution in [3.8, 4) is 0 Å². The number of hydrogen-bond acceptors (Lipinski definition) is 5. The summed E-state index contributed by atoms with van der Waals surface area (Å²) in [4.78, 5) is 51.6. The van der Waals surface area contributed by atoms with Crippen LogP contribution >= 0.6 is 0 Å². The summed E-state index contributed by atoms with van der Waals surface area (Å²) in [6.07, 6.45) is 5.00. The summed E-state index contributed by atoms with van der Waals surface area (Å²) in [6.45, 7) is 4.39. The van der Waals surface area contributed by atoms with Crippen LogP contribution < -0.4 is 10.2 Å². The fourth-order valence-corrected chi connectivity index (χ4v) is 4.34. The number of fused-ring (bicyclic) bond motifs is 1. The van der Waals surface area contributed by atoms with E-state index in [-0.39, 0.29) is 29.6 Å². The van der Waals surface area contributed by atoms with E-state index in [0.29, 0.717) is 42.0 Å². The molecule has 3 amide bonds. The SMILES string of the molecule is CCCCOC(=O)c1ccc(NC(=O)c2ccc(N3C(=O)[C@H]4CC=C(C)C[C@H]4C3=O)cc2)cc1. The zero-order chi connectivity index (χ0) is 24.2. The molecule has 1 saturated heterocycles. The summed E-state index contributed by atoms with van der Waals surface area (Å²) in [7, 11) is 0. The molecule has 0 spiro atoms. The second kappa shape index (κ2) is 10.0. The van der Waals surface area contributed by atoms with Gasteiger partial charge in [-0.15, -0.1) is 0 Å². The molecular weight excluding hydrogens is 432 g/mol. The minimum absolute atomic E-state index is 0.173. The van der Waals surface area contributed by atoms with E-state index in [9.17, 15) is 19.2 Å². The van der Waals surface area contributed by atoms with Crippen molar-refractivity contribution in [3.05, 3.63) is 71.3 Å². The lowest BCUT2D eigenvalue weighted by atomic mass is 9.82. The van der Waals surface area contributed by atoms with Crippen LogP contribution in [0, 0.1) is 11.8 Å². The summed E-state index contributed by atoms with van der Waals surface area (Å²) in [6, 6.07) is 12.9. The number of nitrogens with one attached hydrogen (secondary N) is 1. The molecule has 1 aliphatic heterocycles. The highest BCUT2D eigenvalue weighted by Crippen LogP contribution is 2.39. The lowest BCUT2D eigenvalue weighted by Crippen LogP contribution is -2.30. The third-order valence-electron chi connectivity index (χ3n) is 6.32. The summed E-state index contributed by atoms with van der Waals surface area (Å²) in [5.41, 5.74) is 2.96. The first kappa shape index (κ1) is 23.4. The third kappa shape index (κ3) is 4.78. The Morgan fingerprint density at radius 2 is 1.62 bits per heavy atom. The van der Waals surface area contributed by atoms with Crippen molar-refractivity contribution in [3.63, 3.8) is 0 Å². The van der Waals surface area contributed by atoms with Crippen LogP contribution in [0.4, 0.5) is 11.4 Å². The summed E-state index contributed by atoms with van der Waals surface area (Å²) >= 11 is 0. The van der Waals surface area contributed by atoms with Gasteiger partial charge in [-0.3, -0.25) is 19.3 Å². The van der Waals surface area contributed by atoms with Gasteiger partial charge in [-0.2, -0.15) is 0 Å². The second-order valence-electron chi connectivity index (χ2n) is 8.78. The Morgan fingerprint density at radius 3 is 2.29 bits per heavy atom. The van der Waals surface area contributed by atoms with Crippen molar-refractivity contribution in [1.29, 1.82) is 0 Å². The van der Waals surface area contributed by atoms with E-state index in [0.717, 1.165) is 18.4 Å². The number of benzene rings is 2. The van der Waals surface area contributed by atoms with Crippen LogP contribution in [-0.4, -0.2) is 30.3 Å². The molecule has 0 radical (unpaired) electrons. The Bertz CT molecular complexity index is 1130. The number of rotatable bonds is 7. The lowest BCUT2D eigenvalue weighted by Gasteiger charge is -2.18. The largest absolute Gasteiger partial charge is 0.462 e. The van der Waals surface area contributed by atoms with Gasteiger partial charge in [0.25, 0.3) is 5.91 Å². The Morgan fingerprint density at radius 1 is 0.971 bits per heavy atom. The number of anilines is 2. The number of hydrogen-bond donors (Lipinski definition) is 1. The number of carbonyl (C=O) groups is 4. The fraction of sp³-hybridized carbons (Fsp3) is 0.333. The van der Waals surface area contributed by atoms with Gasteiger partial charge in [-0.25, -0.2) is 4.79 Å². The van der Waals surface area contributed by atoms with Gasteiger partial charge in [0.2, 0.25) is 11.8 Å². The Labute approximate surface area is 198 Å². The molecule has 7 nitrogen and oxygen atoms in total. The van der Waals surface area contributed by atoms with E-state index < -0.39 is 5.97 Å². The van der Waals surface area contributed by atoms with E-state index >= 15 is 0 Å². The standard InChI is InChI=1S/C27H28N2O5/c1-3-4-15-34-27(33)19-6-10-20(11-7-19)28-24(30)18-8-12-21(13-9-18)29-25(31)22-14-5-17(2)16-23(22)26(29)32/h5-13,22-23H,3-4,14-16H2,1-2H3,(H,28,30)/t22-,23+/m0/s1. The van der Waals surface area contributed by atoms with Crippen molar-refractivity contribution < 1.29 is 23.9 Å². The maximum atomic E-state index is 12.9. The van der Waals surface area contributed by atoms with Crippen molar-refractivity contribution in [2.75, 3.05) is 16.8 Å². The smallest absolute Gasteiger partial charge is 0.338 e. The molecule has 2 aliphatic rings. The van der Waals surface area contributed by atoms with Crippen LogP contribution in [-0.2, 0) is 14.3 Å². The van der Waals surface area contributed by atoms with Crippen LogP contribution in [0.15, 0.2) is 60.2 Å². The molecule has 1 heterocycles. The molecule has 2 aromatic rings.